The van der Waals surface area contributed by atoms with Gasteiger partial charge in [-0.05, 0) is 31.2 Å². The molecule has 0 spiro atoms. The number of anilines is 1. The van der Waals surface area contributed by atoms with Crippen LogP contribution in [0.1, 0.15) is 5.56 Å². The molecule has 0 saturated heterocycles. The number of sulfonamides is 1. The lowest BCUT2D eigenvalue weighted by molar-refractivity contribution is 0.601. The summed E-state index contributed by atoms with van der Waals surface area (Å²) in [5, 5.41) is 2.85. The number of nitrogens with zero attached hydrogens (tertiary/aromatic N) is 1. The van der Waals surface area contributed by atoms with Gasteiger partial charge in [0.15, 0.2) is 0 Å². The van der Waals surface area contributed by atoms with Gasteiger partial charge in [-0.2, -0.15) is 0 Å². The van der Waals surface area contributed by atoms with Crippen molar-refractivity contribution in [3.8, 4) is 21.8 Å². The Hall–Kier alpha value is -2.96. The topological polar surface area (TPSA) is 59.1 Å². The molecule has 1 heterocycles. The molecule has 0 bridgehead atoms. The van der Waals surface area contributed by atoms with E-state index < -0.39 is 10.0 Å². The van der Waals surface area contributed by atoms with Crippen molar-refractivity contribution in [1.29, 1.82) is 0 Å². The third kappa shape index (κ3) is 3.98. The molecule has 0 unspecified atom stereocenters. The summed E-state index contributed by atoms with van der Waals surface area (Å²) in [4.78, 5) is 4.94. The van der Waals surface area contributed by atoms with Crippen molar-refractivity contribution >= 4 is 27.0 Å². The van der Waals surface area contributed by atoms with E-state index in [0.717, 1.165) is 27.4 Å². The lowest BCUT2D eigenvalue weighted by Gasteiger charge is -2.09. The molecule has 0 aliphatic heterocycles. The third-order valence-corrected chi connectivity index (χ3v) is 6.56. The van der Waals surface area contributed by atoms with Gasteiger partial charge in [0.1, 0.15) is 5.01 Å². The average Bonchev–Trinajstić information content (AvgIpc) is 3.19. The lowest BCUT2D eigenvalue weighted by Crippen LogP contribution is -2.12. The first-order valence-corrected chi connectivity index (χ1v) is 11.1. The minimum absolute atomic E-state index is 0.240. The zero-order valence-corrected chi connectivity index (χ0v) is 16.8. The van der Waals surface area contributed by atoms with Gasteiger partial charge in [-0.1, -0.05) is 60.2 Å². The van der Waals surface area contributed by atoms with Crippen LogP contribution in [0.2, 0.25) is 0 Å². The Bertz CT molecular complexity index is 1200. The van der Waals surface area contributed by atoms with Crippen molar-refractivity contribution in [3.63, 3.8) is 0 Å². The highest BCUT2D eigenvalue weighted by Gasteiger charge is 2.14. The number of aryl methyl sites for hydroxylation is 1. The van der Waals surface area contributed by atoms with E-state index >= 15 is 0 Å². The van der Waals surface area contributed by atoms with E-state index in [-0.39, 0.29) is 4.90 Å². The van der Waals surface area contributed by atoms with Crippen LogP contribution >= 0.6 is 11.3 Å². The van der Waals surface area contributed by atoms with E-state index in [0.29, 0.717) is 5.69 Å². The Morgan fingerprint density at radius 1 is 0.857 bits per heavy atom. The molecular weight excluding hydrogens is 388 g/mol. The fraction of sp³-hybridized carbons (Fsp3) is 0.0455. The molecule has 1 aromatic heterocycles. The van der Waals surface area contributed by atoms with Gasteiger partial charge in [0.25, 0.3) is 10.0 Å². The predicted molar refractivity (Wildman–Crippen MR) is 115 cm³/mol. The van der Waals surface area contributed by atoms with Crippen molar-refractivity contribution in [2.75, 3.05) is 4.72 Å². The van der Waals surface area contributed by atoms with E-state index in [1.54, 1.807) is 36.4 Å². The van der Waals surface area contributed by atoms with Gasteiger partial charge in [0.05, 0.1) is 10.6 Å². The molecule has 4 aromatic rings. The zero-order valence-electron chi connectivity index (χ0n) is 15.2. The number of nitrogens with one attached hydrogen (secondary N) is 1. The predicted octanol–water partition coefficient (Wildman–Crippen LogP) is 5.59. The first-order valence-electron chi connectivity index (χ1n) is 8.72. The van der Waals surface area contributed by atoms with Crippen LogP contribution in [-0.4, -0.2) is 13.4 Å². The number of aromatic nitrogens is 1. The number of hydrogen-bond acceptors (Lipinski definition) is 4. The smallest absolute Gasteiger partial charge is 0.261 e. The van der Waals surface area contributed by atoms with Gasteiger partial charge < -0.3 is 0 Å². The number of benzene rings is 3. The van der Waals surface area contributed by atoms with Crippen LogP contribution in [0, 0.1) is 6.92 Å². The fourth-order valence-corrected chi connectivity index (χ4v) is 4.67. The Balaban J connectivity index is 1.60. The third-order valence-electron chi connectivity index (χ3n) is 4.27. The van der Waals surface area contributed by atoms with Crippen molar-refractivity contribution in [1.82, 2.24) is 4.98 Å². The van der Waals surface area contributed by atoms with E-state index in [4.69, 9.17) is 4.98 Å². The molecule has 0 fully saturated rings. The van der Waals surface area contributed by atoms with Crippen LogP contribution in [0.15, 0.2) is 89.1 Å². The van der Waals surface area contributed by atoms with Gasteiger partial charge >= 0.3 is 0 Å². The highest BCUT2D eigenvalue weighted by molar-refractivity contribution is 7.92. The summed E-state index contributed by atoms with van der Waals surface area (Å²) in [7, 11) is -3.63. The Labute approximate surface area is 168 Å². The summed E-state index contributed by atoms with van der Waals surface area (Å²) in [6, 6.07) is 24.0. The van der Waals surface area contributed by atoms with Crippen LogP contribution in [-0.2, 0) is 10.0 Å². The van der Waals surface area contributed by atoms with Gasteiger partial charge in [0, 0.05) is 22.2 Å². The number of rotatable bonds is 5. The van der Waals surface area contributed by atoms with Crippen molar-refractivity contribution < 1.29 is 8.42 Å². The zero-order chi connectivity index (χ0) is 19.6. The summed E-state index contributed by atoms with van der Waals surface area (Å²) in [5.41, 5.74) is 4.36. The number of thiazole rings is 1. The molecule has 140 valence electrons. The Kier molecular flexibility index (Phi) is 4.98. The van der Waals surface area contributed by atoms with Crippen molar-refractivity contribution in [2.45, 2.75) is 11.8 Å². The second-order valence-corrected chi connectivity index (χ2v) is 8.94. The van der Waals surface area contributed by atoms with Gasteiger partial charge in [-0.15, -0.1) is 11.3 Å². The summed E-state index contributed by atoms with van der Waals surface area (Å²) < 4.78 is 27.9. The average molecular weight is 407 g/mol. The molecule has 4 nitrogen and oxygen atoms in total. The van der Waals surface area contributed by atoms with E-state index in [1.165, 1.54) is 11.3 Å². The molecule has 28 heavy (non-hydrogen) atoms. The summed E-state index contributed by atoms with van der Waals surface area (Å²) in [6.07, 6.45) is 0. The van der Waals surface area contributed by atoms with Crippen LogP contribution in [0.4, 0.5) is 5.69 Å². The van der Waals surface area contributed by atoms with Crippen molar-refractivity contribution in [2.24, 2.45) is 0 Å². The molecule has 6 heteroatoms. The van der Waals surface area contributed by atoms with Gasteiger partial charge in [0.2, 0.25) is 0 Å². The second kappa shape index (κ2) is 7.58. The monoisotopic (exact) mass is 406 g/mol. The molecule has 3 aromatic carbocycles. The molecule has 1 N–H and O–H groups in total. The summed E-state index contributed by atoms with van der Waals surface area (Å²) in [6.45, 7) is 1.92. The van der Waals surface area contributed by atoms with E-state index in [2.05, 4.69) is 4.72 Å². The van der Waals surface area contributed by atoms with Crippen LogP contribution < -0.4 is 4.72 Å². The Morgan fingerprint density at radius 3 is 2.32 bits per heavy atom. The molecule has 0 aliphatic carbocycles. The first-order chi connectivity index (χ1) is 13.5. The van der Waals surface area contributed by atoms with Crippen LogP contribution in [0.3, 0.4) is 0 Å². The first kappa shape index (κ1) is 18.4. The molecule has 0 atom stereocenters. The normalized spacial score (nSPS) is 11.3. The lowest BCUT2D eigenvalue weighted by atomic mass is 10.2. The summed E-state index contributed by atoms with van der Waals surface area (Å²) in [5.74, 6) is 0. The van der Waals surface area contributed by atoms with Gasteiger partial charge in [-0.25, -0.2) is 13.4 Å². The summed E-state index contributed by atoms with van der Waals surface area (Å²) >= 11 is 1.53. The van der Waals surface area contributed by atoms with E-state index in [9.17, 15) is 8.42 Å². The molecule has 0 aliphatic rings. The molecule has 0 radical (unpaired) electrons. The Morgan fingerprint density at radius 2 is 1.57 bits per heavy atom. The molecular formula is C22H18N2O2S2. The number of hydrogen-bond donors (Lipinski definition) is 1. The maximum atomic E-state index is 12.6. The SMILES string of the molecule is Cc1ccc(S(=O)(=O)Nc2cccc(-c3nc(-c4ccccc4)cs3)c2)cc1. The van der Waals surface area contributed by atoms with Crippen LogP contribution in [0.5, 0.6) is 0 Å². The maximum Gasteiger partial charge on any atom is 0.261 e. The van der Waals surface area contributed by atoms with Crippen molar-refractivity contribution in [3.05, 3.63) is 89.8 Å². The minimum atomic E-state index is -3.63. The highest BCUT2D eigenvalue weighted by atomic mass is 32.2. The van der Waals surface area contributed by atoms with Gasteiger partial charge in [-0.3, -0.25) is 4.72 Å². The largest absolute Gasteiger partial charge is 0.280 e. The minimum Gasteiger partial charge on any atom is -0.280 e. The molecule has 0 amide bonds. The van der Waals surface area contributed by atoms with Crippen LogP contribution in [0.25, 0.3) is 21.8 Å². The second-order valence-electron chi connectivity index (χ2n) is 6.40. The molecule has 4 rings (SSSR count). The van der Waals surface area contributed by atoms with E-state index in [1.807, 2.05) is 54.8 Å². The molecule has 0 saturated carbocycles. The standard InChI is InChI=1S/C22H18N2O2S2/c1-16-10-12-20(13-11-16)28(25,26)24-19-9-5-8-18(14-19)22-23-21(15-27-22)17-6-3-2-4-7-17/h2-15,24H,1H3. The quantitative estimate of drug-likeness (QED) is 0.470. The maximum absolute atomic E-state index is 12.6. The fourth-order valence-electron chi connectivity index (χ4n) is 2.80. The highest BCUT2D eigenvalue weighted by Crippen LogP contribution is 2.30.